The summed E-state index contributed by atoms with van der Waals surface area (Å²) >= 11 is 5.92. The summed E-state index contributed by atoms with van der Waals surface area (Å²) in [7, 11) is 0. The monoisotopic (exact) mass is 325 g/mol. The van der Waals surface area contributed by atoms with Gasteiger partial charge in [-0.3, -0.25) is 4.79 Å². The normalized spacial score (nSPS) is 16.5. The number of carbonyl (C=O) groups is 1. The van der Waals surface area contributed by atoms with Gasteiger partial charge in [-0.2, -0.15) is 0 Å². The Balaban J connectivity index is 2.42. The van der Waals surface area contributed by atoms with Crippen LogP contribution in [0.1, 0.15) is 30.2 Å². The molecule has 1 atom stereocenters. The summed E-state index contributed by atoms with van der Waals surface area (Å²) in [5.41, 5.74) is -0.335. The molecule has 0 spiro atoms. The summed E-state index contributed by atoms with van der Waals surface area (Å²) in [6.45, 7) is 3.92. The molecule has 2 heterocycles. The Bertz CT molecular complexity index is 846. The van der Waals surface area contributed by atoms with E-state index in [-0.39, 0.29) is 41.0 Å². The van der Waals surface area contributed by atoms with E-state index in [1.165, 1.54) is 6.20 Å². The van der Waals surface area contributed by atoms with Gasteiger partial charge in [-0.25, -0.2) is 9.18 Å². The van der Waals surface area contributed by atoms with Gasteiger partial charge in [0.2, 0.25) is 5.43 Å². The Labute approximate surface area is 130 Å². The second-order valence-corrected chi connectivity index (χ2v) is 5.44. The van der Waals surface area contributed by atoms with E-state index in [9.17, 15) is 14.0 Å². The van der Waals surface area contributed by atoms with Gasteiger partial charge in [-0.15, -0.1) is 0 Å². The fraction of sp³-hybridized carbons (Fsp3) is 0.333. The maximum absolute atomic E-state index is 13.9. The molecule has 1 aromatic heterocycles. The number of hydrogen-bond donors (Lipinski definition) is 0. The van der Waals surface area contributed by atoms with E-state index in [2.05, 4.69) is 0 Å². The Morgan fingerprint density at radius 3 is 3.00 bits per heavy atom. The molecule has 0 fully saturated rings. The highest BCUT2D eigenvalue weighted by atomic mass is 35.5. The average molecular weight is 326 g/mol. The summed E-state index contributed by atoms with van der Waals surface area (Å²) in [6.07, 6.45) is 1.42. The summed E-state index contributed by atoms with van der Waals surface area (Å²) in [5.74, 6) is -1.36. The zero-order valence-electron chi connectivity index (χ0n) is 12.0. The molecule has 3 rings (SSSR count). The molecule has 22 heavy (non-hydrogen) atoms. The lowest BCUT2D eigenvalue weighted by Gasteiger charge is -2.27. The predicted molar refractivity (Wildman–Crippen MR) is 79.3 cm³/mol. The molecule has 5 nitrogen and oxygen atoms in total. The van der Waals surface area contributed by atoms with Crippen molar-refractivity contribution in [1.29, 1.82) is 0 Å². The van der Waals surface area contributed by atoms with E-state index < -0.39 is 17.2 Å². The number of hydrogen-bond acceptors (Lipinski definition) is 4. The van der Waals surface area contributed by atoms with Crippen LogP contribution in [0, 0.1) is 5.82 Å². The Morgan fingerprint density at radius 1 is 1.59 bits per heavy atom. The molecule has 0 amide bonds. The Morgan fingerprint density at radius 2 is 2.32 bits per heavy atom. The van der Waals surface area contributed by atoms with Gasteiger partial charge in [-0.1, -0.05) is 11.6 Å². The van der Waals surface area contributed by atoms with Crippen molar-refractivity contribution in [3.05, 3.63) is 38.9 Å². The first-order chi connectivity index (χ1) is 10.5. The zero-order chi connectivity index (χ0) is 16.0. The lowest BCUT2D eigenvalue weighted by molar-refractivity contribution is 0.0523. The minimum atomic E-state index is -0.761. The van der Waals surface area contributed by atoms with E-state index in [0.717, 1.165) is 6.07 Å². The zero-order valence-corrected chi connectivity index (χ0v) is 12.7. The highest BCUT2D eigenvalue weighted by molar-refractivity contribution is 6.33. The smallest absolute Gasteiger partial charge is 0.343 e. The molecule has 116 valence electrons. The van der Waals surface area contributed by atoms with Gasteiger partial charge in [0.05, 0.1) is 23.6 Å². The summed E-state index contributed by atoms with van der Waals surface area (Å²) in [6, 6.07) is 0.898. The number of ether oxygens (including phenoxy) is 2. The van der Waals surface area contributed by atoms with Gasteiger partial charge in [0.25, 0.3) is 0 Å². The molecule has 1 unspecified atom stereocenters. The highest BCUT2D eigenvalue weighted by Gasteiger charge is 2.27. The Hall–Kier alpha value is -2.08. The van der Waals surface area contributed by atoms with Gasteiger partial charge in [-0.05, 0) is 19.9 Å². The van der Waals surface area contributed by atoms with Gasteiger partial charge in [0, 0.05) is 6.20 Å². The van der Waals surface area contributed by atoms with E-state index in [1.807, 2.05) is 6.92 Å². The third kappa shape index (κ3) is 2.06. The molecule has 0 N–H and O–H groups in total. The fourth-order valence-electron chi connectivity index (χ4n) is 2.55. The number of carbonyl (C=O) groups excluding carboxylic acids is 1. The van der Waals surface area contributed by atoms with Crippen molar-refractivity contribution in [1.82, 2.24) is 4.57 Å². The van der Waals surface area contributed by atoms with Gasteiger partial charge in [0.1, 0.15) is 23.0 Å². The molecular weight excluding hydrogens is 313 g/mol. The topological polar surface area (TPSA) is 57.5 Å². The van der Waals surface area contributed by atoms with Crippen molar-refractivity contribution < 1.29 is 18.7 Å². The minimum absolute atomic E-state index is 0.0500. The van der Waals surface area contributed by atoms with Crippen molar-refractivity contribution in [2.45, 2.75) is 19.9 Å². The number of rotatable bonds is 2. The lowest BCUT2D eigenvalue weighted by Crippen LogP contribution is -2.27. The van der Waals surface area contributed by atoms with Crippen LogP contribution < -0.4 is 10.2 Å². The van der Waals surface area contributed by atoms with Crippen LogP contribution in [0.4, 0.5) is 4.39 Å². The first-order valence-corrected chi connectivity index (χ1v) is 7.20. The van der Waals surface area contributed by atoms with Crippen LogP contribution in [0.15, 0.2) is 17.1 Å². The number of esters is 1. The van der Waals surface area contributed by atoms with Crippen LogP contribution in [0.25, 0.3) is 10.9 Å². The fourth-order valence-corrected chi connectivity index (χ4v) is 2.75. The molecule has 7 heteroatoms. The molecule has 0 saturated carbocycles. The molecular formula is C15H13ClFNO4. The molecule has 1 aromatic carbocycles. The summed E-state index contributed by atoms with van der Waals surface area (Å²) in [4.78, 5) is 24.4. The summed E-state index contributed by atoms with van der Waals surface area (Å²) in [5, 5.41) is -0.120. The third-order valence-electron chi connectivity index (χ3n) is 3.61. The average Bonchev–Trinajstić information content (AvgIpc) is 2.48. The Kier molecular flexibility index (Phi) is 3.56. The van der Waals surface area contributed by atoms with Crippen LogP contribution in [0.3, 0.4) is 0 Å². The predicted octanol–water partition coefficient (Wildman–Crippen LogP) is 2.92. The van der Waals surface area contributed by atoms with Crippen molar-refractivity contribution in [2.75, 3.05) is 13.2 Å². The second kappa shape index (κ2) is 5.28. The molecule has 1 aliphatic rings. The van der Waals surface area contributed by atoms with Crippen LogP contribution in [0.5, 0.6) is 5.75 Å². The van der Waals surface area contributed by atoms with E-state index in [1.54, 1.807) is 11.5 Å². The van der Waals surface area contributed by atoms with Gasteiger partial charge in [0.15, 0.2) is 5.75 Å². The van der Waals surface area contributed by atoms with Gasteiger partial charge >= 0.3 is 5.97 Å². The number of nitrogens with zero attached hydrogens (tertiary/aromatic N) is 1. The van der Waals surface area contributed by atoms with E-state index >= 15 is 0 Å². The van der Waals surface area contributed by atoms with Crippen molar-refractivity contribution >= 4 is 28.5 Å². The molecule has 0 saturated heterocycles. The van der Waals surface area contributed by atoms with E-state index in [4.69, 9.17) is 21.1 Å². The van der Waals surface area contributed by atoms with Crippen LogP contribution in [-0.2, 0) is 4.74 Å². The number of pyridine rings is 1. The number of halogens is 2. The maximum Gasteiger partial charge on any atom is 0.343 e. The molecule has 2 aromatic rings. The van der Waals surface area contributed by atoms with E-state index in [0.29, 0.717) is 5.52 Å². The van der Waals surface area contributed by atoms with Crippen LogP contribution in [0.2, 0.25) is 5.02 Å². The van der Waals surface area contributed by atoms with Crippen molar-refractivity contribution in [3.63, 3.8) is 0 Å². The van der Waals surface area contributed by atoms with Gasteiger partial charge < -0.3 is 14.0 Å². The van der Waals surface area contributed by atoms with Crippen LogP contribution in [-0.4, -0.2) is 23.8 Å². The summed E-state index contributed by atoms with van der Waals surface area (Å²) < 4.78 is 26.0. The molecule has 0 radical (unpaired) electrons. The largest absolute Gasteiger partial charge is 0.488 e. The standard InChI is InChI=1S/C15H13ClFNO4/c1-3-21-15(20)9-5-18-7(2)6-22-14-11(16)10(17)4-8(12(14)18)13(9)19/h4-5,7H,3,6H2,1-2H3. The minimum Gasteiger partial charge on any atom is -0.488 e. The first kappa shape index (κ1) is 14.8. The molecule has 0 aliphatic carbocycles. The molecule has 0 bridgehead atoms. The lowest BCUT2D eigenvalue weighted by atomic mass is 10.1. The highest BCUT2D eigenvalue weighted by Crippen LogP contribution is 2.39. The molecule has 1 aliphatic heterocycles. The van der Waals surface area contributed by atoms with Crippen molar-refractivity contribution in [2.24, 2.45) is 0 Å². The number of benzene rings is 1. The quantitative estimate of drug-likeness (QED) is 0.797. The third-order valence-corrected chi connectivity index (χ3v) is 3.96. The maximum atomic E-state index is 13.9. The van der Waals surface area contributed by atoms with Crippen molar-refractivity contribution in [3.8, 4) is 5.75 Å². The van der Waals surface area contributed by atoms with Crippen LogP contribution >= 0.6 is 11.6 Å². The SMILES string of the molecule is CCOC(=O)c1cn2c3c(c(Cl)c(F)cc3c1=O)OCC2C. The number of aromatic nitrogens is 1. The first-order valence-electron chi connectivity index (χ1n) is 6.82. The second-order valence-electron chi connectivity index (χ2n) is 5.06.